The lowest BCUT2D eigenvalue weighted by Gasteiger charge is -2.25. The number of benzene rings is 2. The first-order valence-electron chi connectivity index (χ1n) is 8.09. The van der Waals surface area contributed by atoms with Crippen LogP contribution in [0.15, 0.2) is 53.4 Å². The van der Waals surface area contributed by atoms with Gasteiger partial charge in [0, 0.05) is 18.5 Å². The van der Waals surface area contributed by atoms with E-state index in [1.165, 1.54) is 0 Å². The van der Waals surface area contributed by atoms with E-state index < -0.39 is 9.84 Å². The summed E-state index contributed by atoms with van der Waals surface area (Å²) in [5.74, 6) is 0.447. The molecule has 0 saturated carbocycles. The second-order valence-corrected chi connectivity index (χ2v) is 8.27. The largest absolute Gasteiger partial charge is 0.311 e. The lowest BCUT2D eigenvalue weighted by Crippen LogP contribution is -2.28. The number of para-hydroxylation sites is 1. The number of fused-ring (bicyclic) bond motifs is 2. The molecule has 0 amide bonds. The SMILES string of the molecule is O=S1(=O)CCC(CNCc2[nH]nc3ccccc23)c2ccccc21. The van der Waals surface area contributed by atoms with E-state index in [-0.39, 0.29) is 11.7 Å². The molecule has 1 atom stereocenters. The summed E-state index contributed by atoms with van der Waals surface area (Å²) in [6.07, 6.45) is 0.663. The molecule has 2 N–H and O–H groups in total. The van der Waals surface area contributed by atoms with Gasteiger partial charge in [-0.25, -0.2) is 8.42 Å². The standard InChI is InChI=1S/C18H19N3O2S/c22-24(23)10-9-13(14-5-2-4-8-18(14)24)11-19-12-17-15-6-1-3-7-16(15)20-21-17/h1-8,13,19H,9-12H2,(H,20,21). The molecule has 0 aliphatic carbocycles. The fourth-order valence-electron chi connectivity index (χ4n) is 3.40. The van der Waals surface area contributed by atoms with Gasteiger partial charge in [0.25, 0.3) is 0 Å². The molecule has 2 aromatic carbocycles. The average molecular weight is 341 g/mol. The van der Waals surface area contributed by atoms with E-state index in [9.17, 15) is 8.42 Å². The van der Waals surface area contributed by atoms with Crippen molar-refractivity contribution >= 4 is 20.7 Å². The van der Waals surface area contributed by atoms with Crippen molar-refractivity contribution in [2.45, 2.75) is 23.8 Å². The highest BCUT2D eigenvalue weighted by molar-refractivity contribution is 7.91. The fourth-order valence-corrected chi connectivity index (χ4v) is 5.09. The van der Waals surface area contributed by atoms with Gasteiger partial charge in [-0.05, 0) is 30.0 Å². The summed E-state index contributed by atoms with van der Waals surface area (Å²) in [6, 6.07) is 15.4. The van der Waals surface area contributed by atoms with Crippen LogP contribution in [-0.2, 0) is 16.4 Å². The van der Waals surface area contributed by atoms with Crippen LogP contribution in [0.2, 0.25) is 0 Å². The normalized spacial score (nSPS) is 19.2. The van der Waals surface area contributed by atoms with Crippen LogP contribution in [0.1, 0.15) is 23.6 Å². The highest BCUT2D eigenvalue weighted by Crippen LogP contribution is 2.33. The molecule has 6 heteroatoms. The predicted molar refractivity (Wildman–Crippen MR) is 93.7 cm³/mol. The molecule has 0 fully saturated rings. The van der Waals surface area contributed by atoms with Gasteiger partial charge in [0.1, 0.15) is 0 Å². The molecule has 4 rings (SSSR count). The first-order chi connectivity index (χ1) is 11.6. The Balaban J connectivity index is 1.49. The van der Waals surface area contributed by atoms with Gasteiger partial charge in [-0.15, -0.1) is 0 Å². The summed E-state index contributed by atoms with van der Waals surface area (Å²) in [4.78, 5) is 0.495. The summed E-state index contributed by atoms with van der Waals surface area (Å²) < 4.78 is 24.4. The maximum Gasteiger partial charge on any atom is 0.178 e. The third-order valence-corrected chi connectivity index (χ3v) is 6.48. The summed E-state index contributed by atoms with van der Waals surface area (Å²) in [7, 11) is -3.12. The summed E-state index contributed by atoms with van der Waals surface area (Å²) in [5.41, 5.74) is 2.96. The van der Waals surface area contributed by atoms with Gasteiger partial charge in [-0.3, -0.25) is 5.10 Å². The number of hydrogen-bond acceptors (Lipinski definition) is 4. The second-order valence-electron chi connectivity index (χ2n) is 6.19. The Hall–Kier alpha value is -2.18. The molecule has 0 bridgehead atoms. The van der Waals surface area contributed by atoms with Crippen LogP contribution < -0.4 is 5.32 Å². The van der Waals surface area contributed by atoms with E-state index in [1.807, 2.05) is 30.3 Å². The molecule has 2 heterocycles. The van der Waals surface area contributed by atoms with Gasteiger partial charge >= 0.3 is 0 Å². The van der Waals surface area contributed by atoms with Crippen LogP contribution in [0.3, 0.4) is 0 Å². The Morgan fingerprint density at radius 3 is 2.83 bits per heavy atom. The molecular weight excluding hydrogens is 322 g/mol. The summed E-state index contributed by atoms with van der Waals surface area (Å²) in [6.45, 7) is 1.44. The Morgan fingerprint density at radius 1 is 1.12 bits per heavy atom. The van der Waals surface area contributed by atoms with Crippen molar-refractivity contribution < 1.29 is 8.42 Å². The quantitative estimate of drug-likeness (QED) is 0.765. The Labute approximate surface area is 141 Å². The number of nitrogens with one attached hydrogen (secondary N) is 2. The van der Waals surface area contributed by atoms with E-state index in [0.29, 0.717) is 17.9 Å². The fraction of sp³-hybridized carbons (Fsp3) is 0.278. The Kier molecular flexibility index (Phi) is 3.86. The number of hydrogen-bond donors (Lipinski definition) is 2. The average Bonchev–Trinajstić information content (AvgIpc) is 3.01. The van der Waals surface area contributed by atoms with E-state index in [4.69, 9.17) is 0 Å². The van der Waals surface area contributed by atoms with Crippen LogP contribution in [-0.4, -0.2) is 30.9 Å². The predicted octanol–water partition coefficient (Wildman–Crippen LogP) is 2.61. The Morgan fingerprint density at radius 2 is 1.92 bits per heavy atom. The van der Waals surface area contributed by atoms with Crippen molar-refractivity contribution in [2.24, 2.45) is 0 Å². The number of nitrogens with zero attached hydrogens (tertiary/aromatic N) is 1. The molecule has 1 aliphatic heterocycles. The van der Waals surface area contributed by atoms with Crippen LogP contribution >= 0.6 is 0 Å². The number of aromatic amines is 1. The van der Waals surface area contributed by atoms with Gasteiger partial charge in [0.15, 0.2) is 9.84 Å². The summed E-state index contributed by atoms with van der Waals surface area (Å²) >= 11 is 0. The second kappa shape index (κ2) is 6.03. The van der Waals surface area contributed by atoms with E-state index in [2.05, 4.69) is 21.6 Å². The number of aromatic nitrogens is 2. The molecule has 24 heavy (non-hydrogen) atoms. The minimum absolute atomic E-state index is 0.221. The molecule has 1 aliphatic rings. The van der Waals surface area contributed by atoms with Crippen molar-refractivity contribution in [3.63, 3.8) is 0 Å². The zero-order valence-electron chi connectivity index (χ0n) is 13.2. The molecule has 1 unspecified atom stereocenters. The third-order valence-electron chi connectivity index (χ3n) is 4.66. The molecule has 1 aromatic heterocycles. The van der Waals surface area contributed by atoms with Gasteiger partial charge in [0.05, 0.1) is 21.9 Å². The van der Waals surface area contributed by atoms with Crippen molar-refractivity contribution in [1.29, 1.82) is 0 Å². The van der Waals surface area contributed by atoms with Crippen molar-refractivity contribution in [3.05, 3.63) is 59.8 Å². The molecule has 0 radical (unpaired) electrons. The lowest BCUT2D eigenvalue weighted by atomic mass is 9.96. The van der Waals surface area contributed by atoms with Crippen molar-refractivity contribution in [2.75, 3.05) is 12.3 Å². The monoisotopic (exact) mass is 341 g/mol. The van der Waals surface area contributed by atoms with Crippen LogP contribution in [0.4, 0.5) is 0 Å². The number of sulfone groups is 1. The number of H-pyrrole nitrogens is 1. The zero-order valence-corrected chi connectivity index (χ0v) is 14.0. The van der Waals surface area contributed by atoms with Crippen LogP contribution in [0.25, 0.3) is 10.9 Å². The molecule has 3 aromatic rings. The third kappa shape index (κ3) is 2.72. The van der Waals surface area contributed by atoms with Gasteiger partial charge in [-0.1, -0.05) is 36.4 Å². The van der Waals surface area contributed by atoms with E-state index >= 15 is 0 Å². The Bertz CT molecular complexity index is 979. The molecule has 124 valence electrons. The molecule has 5 nitrogen and oxygen atoms in total. The maximum absolute atomic E-state index is 12.2. The molecule has 0 saturated heterocycles. The smallest absolute Gasteiger partial charge is 0.178 e. The molecular formula is C18H19N3O2S. The van der Waals surface area contributed by atoms with Crippen LogP contribution in [0.5, 0.6) is 0 Å². The minimum atomic E-state index is -3.12. The summed E-state index contributed by atoms with van der Waals surface area (Å²) in [5, 5.41) is 11.9. The van der Waals surface area contributed by atoms with Crippen molar-refractivity contribution in [3.8, 4) is 0 Å². The lowest BCUT2D eigenvalue weighted by molar-refractivity contribution is 0.531. The van der Waals surface area contributed by atoms with E-state index in [0.717, 1.165) is 28.7 Å². The highest BCUT2D eigenvalue weighted by atomic mass is 32.2. The van der Waals surface area contributed by atoms with Gasteiger partial charge in [-0.2, -0.15) is 5.10 Å². The van der Waals surface area contributed by atoms with Gasteiger partial charge < -0.3 is 5.32 Å². The minimum Gasteiger partial charge on any atom is -0.311 e. The topological polar surface area (TPSA) is 74.8 Å². The first kappa shape index (κ1) is 15.4. The van der Waals surface area contributed by atoms with Crippen molar-refractivity contribution in [1.82, 2.24) is 15.5 Å². The first-order valence-corrected chi connectivity index (χ1v) is 9.75. The van der Waals surface area contributed by atoms with Crippen LogP contribution in [0, 0.1) is 0 Å². The maximum atomic E-state index is 12.2. The highest BCUT2D eigenvalue weighted by Gasteiger charge is 2.29. The molecule has 0 spiro atoms. The number of rotatable bonds is 4. The van der Waals surface area contributed by atoms with Gasteiger partial charge in [0.2, 0.25) is 0 Å². The van der Waals surface area contributed by atoms with E-state index in [1.54, 1.807) is 12.1 Å². The zero-order chi connectivity index (χ0) is 16.6.